The molecule has 0 unspecified atom stereocenters. The number of nitrogens with zero attached hydrogens (tertiary/aromatic N) is 4. The Kier molecular flexibility index (Phi) is 6.37. The minimum Gasteiger partial charge on any atom is -0.308 e. The fourth-order valence-electron chi connectivity index (χ4n) is 6.11. The van der Waals surface area contributed by atoms with Gasteiger partial charge in [-0.1, -0.05) is 83.9 Å². The van der Waals surface area contributed by atoms with Crippen molar-refractivity contribution in [3.63, 3.8) is 0 Å². The van der Waals surface area contributed by atoms with Gasteiger partial charge >= 0.3 is 0 Å². The van der Waals surface area contributed by atoms with Gasteiger partial charge in [0.2, 0.25) is 0 Å². The monoisotopic (exact) mass is 554 g/mol. The Morgan fingerprint density at radius 3 is 1.60 bits per heavy atom. The third-order valence-corrected chi connectivity index (χ3v) is 8.06. The van der Waals surface area contributed by atoms with Gasteiger partial charge in [0.15, 0.2) is 5.82 Å². The number of hydrogen-bond acceptors (Lipinski definition) is 3. The zero-order chi connectivity index (χ0) is 29.7. The number of aryl methyl sites for hydroxylation is 4. The lowest BCUT2D eigenvalue weighted by molar-refractivity contribution is 1.05. The molecule has 0 aliphatic heterocycles. The Labute approximate surface area is 251 Å². The van der Waals surface area contributed by atoms with E-state index in [1.54, 1.807) is 0 Å². The number of aromatic nitrogens is 3. The van der Waals surface area contributed by atoms with Gasteiger partial charge in [0.05, 0.1) is 28.4 Å². The first kappa shape index (κ1) is 26.4. The summed E-state index contributed by atoms with van der Waals surface area (Å²) in [4.78, 5) is 9.67. The second-order valence-corrected chi connectivity index (χ2v) is 11.4. The van der Waals surface area contributed by atoms with Crippen LogP contribution in [0.25, 0.3) is 61.1 Å². The Balaban J connectivity index is 1.60. The summed E-state index contributed by atoms with van der Waals surface area (Å²) in [6.45, 7) is 8.22. The van der Waals surface area contributed by atoms with Crippen LogP contribution >= 0.6 is 0 Å². The molecule has 0 N–H and O–H groups in total. The SMILES string of the molecule is Cc1cccc(-c2ccc3c4ccc(-c5cccc(C)c5)cc4n(-c4cc(C#N)ccc4-c4nc(C)cc(C)n4)c3c2)c1. The van der Waals surface area contributed by atoms with Crippen LogP contribution in [0.2, 0.25) is 0 Å². The smallest absolute Gasteiger partial charge is 0.161 e. The molecule has 0 saturated heterocycles. The van der Waals surface area contributed by atoms with E-state index >= 15 is 0 Å². The second-order valence-electron chi connectivity index (χ2n) is 11.4. The Morgan fingerprint density at radius 1 is 0.558 bits per heavy atom. The fraction of sp³-hybridized carbons (Fsp3) is 0.103. The molecule has 5 aromatic carbocycles. The van der Waals surface area contributed by atoms with Crippen LogP contribution in [-0.4, -0.2) is 14.5 Å². The first-order valence-corrected chi connectivity index (χ1v) is 14.5. The number of benzene rings is 5. The van der Waals surface area contributed by atoms with Crippen molar-refractivity contribution in [2.24, 2.45) is 0 Å². The van der Waals surface area contributed by atoms with E-state index in [0.717, 1.165) is 55.6 Å². The van der Waals surface area contributed by atoms with Crippen molar-refractivity contribution in [3.8, 4) is 45.4 Å². The molecule has 0 radical (unpaired) electrons. The summed E-state index contributed by atoms with van der Waals surface area (Å²) in [5.74, 6) is 0.650. The van der Waals surface area contributed by atoms with Gasteiger partial charge in [0, 0.05) is 27.7 Å². The highest BCUT2D eigenvalue weighted by molar-refractivity contribution is 6.11. The predicted molar refractivity (Wildman–Crippen MR) is 176 cm³/mol. The van der Waals surface area contributed by atoms with Crippen LogP contribution < -0.4 is 0 Å². The summed E-state index contributed by atoms with van der Waals surface area (Å²) < 4.78 is 2.29. The topological polar surface area (TPSA) is 54.5 Å². The van der Waals surface area contributed by atoms with E-state index in [1.807, 2.05) is 38.1 Å². The highest BCUT2D eigenvalue weighted by Gasteiger charge is 2.19. The molecule has 206 valence electrons. The van der Waals surface area contributed by atoms with Crippen molar-refractivity contribution in [1.82, 2.24) is 14.5 Å². The van der Waals surface area contributed by atoms with Crippen molar-refractivity contribution in [1.29, 1.82) is 5.26 Å². The van der Waals surface area contributed by atoms with Crippen molar-refractivity contribution in [2.45, 2.75) is 27.7 Å². The first-order valence-electron chi connectivity index (χ1n) is 14.5. The maximum absolute atomic E-state index is 9.98. The lowest BCUT2D eigenvalue weighted by Gasteiger charge is -2.15. The number of fused-ring (bicyclic) bond motifs is 3. The highest BCUT2D eigenvalue weighted by Crippen LogP contribution is 2.39. The molecule has 7 rings (SSSR count). The van der Waals surface area contributed by atoms with E-state index in [-0.39, 0.29) is 0 Å². The van der Waals surface area contributed by atoms with Gasteiger partial charge in [0.25, 0.3) is 0 Å². The lowest BCUT2D eigenvalue weighted by Crippen LogP contribution is -2.02. The molecule has 0 saturated carbocycles. The molecule has 0 fully saturated rings. The minimum atomic E-state index is 0.586. The Morgan fingerprint density at radius 2 is 1.09 bits per heavy atom. The summed E-state index contributed by atoms with van der Waals surface area (Å²) in [7, 11) is 0. The molecule has 0 atom stereocenters. The van der Waals surface area contributed by atoms with Gasteiger partial charge < -0.3 is 4.57 Å². The zero-order valence-corrected chi connectivity index (χ0v) is 24.7. The second kappa shape index (κ2) is 10.4. The number of rotatable bonds is 4. The molecule has 0 bridgehead atoms. The molecule has 0 amide bonds. The normalized spacial score (nSPS) is 11.2. The van der Waals surface area contributed by atoms with Crippen LogP contribution in [0.1, 0.15) is 28.1 Å². The largest absolute Gasteiger partial charge is 0.308 e. The van der Waals surface area contributed by atoms with E-state index in [9.17, 15) is 5.26 Å². The lowest BCUT2D eigenvalue weighted by atomic mass is 10.0. The van der Waals surface area contributed by atoms with Crippen molar-refractivity contribution < 1.29 is 0 Å². The molecule has 43 heavy (non-hydrogen) atoms. The van der Waals surface area contributed by atoms with E-state index in [1.165, 1.54) is 22.3 Å². The molecule has 4 nitrogen and oxygen atoms in total. The number of hydrogen-bond donors (Lipinski definition) is 0. The minimum absolute atomic E-state index is 0.586. The first-order chi connectivity index (χ1) is 20.9. The van der Waals surface area contributed by atoms with E-state index in [0.29, 0.717) is 11.4 Å². The third-order valence-electron chi connectivity index (χ3n) is 8.06. The maximum Gasteiger partial charge on any atom is 0.161 e. The molecule has 0 spiro atoms. The predicted octanol–water partition coefficient (Wildman–Crippen LogP) is 9.68. The molecular formula is C39H30N4. The van der Waals surface area contributed by atoms with Crippen LogP contribution in [-0.2, 0) is 0 Å². The summed E-state index contributed by atoms with van der Waals surface area (Å²) in [6.07, 6.45) is 0. The molecule has 2 heterocycles. The van der Waals surface area contributed by atoms with Gasteiger partial charge in [-0.15, -0.1) is 0 Å². The zero-order valence-electron chi connectivity index (χ0n) is 24.7. The maximum atomic E-state index is 9.98. The molecule has 0 aliphatic rings. The van der Waals surface area contributed by atoms with Gasteiger partial charge in [-0.3, -0.25) is 0 Å². The van der Waals surface area contributed by atoms with Crippen LogP contribution in [0.3, 0.4) is 0 Å². The van der Waals surface area contributed by atoms with Crippen molar-refractivity contribution in [3.05, 3.63) is 137 Å². The Bertz CT molecular complexity index is 2120. The molecule has 0 aliphatic carbocycles. The van der Waals surface area contributed by atoms with Gasteiger partial charge in [0.1, 0.15) is 0 Å². The van der Waals surface area contributed by atoms with Crippen molar-refractivity contribution >= 4 is 21.8 Å². The summed E-state index contributed by atoms with van der Waals surface area (Å²) in [5, 5.41) is 12.3. The van der Waals surface area contributed by atoms with E-state index in [2.05, 4.69) is 109 Å². The molecular weight excluding hydrogens is 524 g/mol. The van der Waals surface area contributed by atoms with Crippen molar-refractivity contribution in [2.75, 3.05) is 0 Å². The summed E-state index contributed by atoms with van der Waals surface area (Å²) in [6, 6.07) is 40.7. The quantitative estimate of drug-likeness (QED) is 0.218. The van der Waals surface area contributed by atoms with Crippen LogP contribution in [0.4, 0.5) is 0 Å². The third kappa shape index (κ3) is 4.75. The van der Waals surface area contributed by atoms with E-state index < -0.39 is 0 Å². The van der Waals surface area contributed by atoms with Gasteiger partial charge in [-0.2, -0.15) is 5.26 Å². The van der Waals surface area contributed by atoms with Crippen LogP contribution in [0.5, 0.6) is 0 Å². The summed E-state index contributed by atoms with van der Waals surface area (Å²) >= 11 is 0. The van der Waals surface area contributed by atoms with E-state index in [4.69, 9.17) is 9.97 Å². The molecule has 2 aromatic heterocycles. The molecule has 7 aromatic rings. The van der Waals surface area contributed by atoms with Gasteiger partial charge in [-0.25, -0.2) is 9.97 Å². The standard InChI is InChI=1S/C39H30N4/c1-24-7-5-9-29(17-24)31-12-15-33-34-16-13-32(30-10-6-8-25(2)18-30)22-38(34)43(37(33)21-31)36-20-28(23-40)11-14-35(36)39-41-26(3)19-27(4)42-39/h5-22H,1-4H3. The van der Waals surface area contributed by atoms with Gasteiger partial charge in [-0.05, 0) is 86.3 Å². The Hall–Kier alpha value is -5.53. The average molecular weight is 555 g/mol. The molecule has 4 heteroatoms. The summed E-state index contributed by atoms with van der Waals surface area (Å²) in [5.41, 5.74) is 13.3. The fourth-order valence-corrected chi connectivity index (χ4v) is 6.11. The van der Waals surface area contributed by atoms with Crippen LogP contribution in [0.15, 0.2) is 109 Å². The van der Waals surface area contributed by atoms with Crippen LogP contribution in [0, 0.1) is 39.0 Å². The average Bonchev–Trinajstić information content (AvgIpc) is 3.33. The number of nitriles is 1. The highest BCUT2D eigenvalue weighted by atomic mass is 15.0.